The molecule has 0 saturated carbocycles. The quantitative estimate of drug-likeness (QED) is 0.252. The van der Waals surface area contributed by atoms with E-state index in [1.54, 1.807) is 11.9 Å². The van der Waals surface area contributed by atoms with Crippen molar-refractivity contribution in [3.05, 3.63) is 118 Å². The Morgan fingerprint density at radius 2 is 1.39 bits per heavy atom. The minimum atomic E-state index is -0.137. The number of anilines is 2. The zero-order chi connectivity index (χ0) is 27.2. The summed E-state index contributed by atoms with van der Waals surface area (Å²) in [5, 5.41) is 0. The molecule has 0 saturated heterocycles. The molecule has 0 unspecified atom stereocenters. The molecule has 0 aliphatic carbocycles. The smallest absolute Gasteiger partial charge is 0.259 e. The van der Waals surface area contributed by atoms with Crippen LogP contribution in [0.25, 0.3) is 11.1 Å². The van der Waals surface area contributed by atoms with E-state index in [0.717, 1.165) is 45.7 Å². The standard InChI is InChI=1S/C35H32N2O/c1-7-27-15-11-12-16-31(27)24-37(9-3)34-23-30(19-18-26(34)5)29-21-20-28(8-2)32(22-29)35(38)36(6)33-17-13-10-14-25(33)4/h1-2,10-23H,9,24H2,3-6H3. The van der Waals surface area contributed by atoms with Crippen LogP contribution >= 0.6 is 0 Å². The lowest BCUT2D eigenvalue weighted by molar-refractivity contribution is 0.0992. The fourth-order valence-corrected chi connectivity index (χ4v) is 4.76. The van der Waals surface area contributed by atoms with Crippen LogP contribution in [0.3, 0.4) is 0 Å². The normalized spacial score (nSPS) is 10.4. The third-order valence-corrected chi connectivity index (χ3v) is 6.99. The lowest BCUT2D eigenvalue weighted by Crippen LogP contribution is -2.27. The Kier molecular flexibility index (Phi) is 8.00. The Balaban J connectivity index is 1.72. The summed E-state index contributed by atoms with van der Waals surface area (Å²) in [6.07, 6.45) is 11.6. The molecule has 0 aliphatic rings. The largest absolute Gasteiger partial charge is 0.367 e. The van der Waals surface area contributed by atoms with Gasteiger partial charge in [0, 0.05) is 42.6 Å². The van der Waals surface area contributed by atoms with Crippen LogP contribution in [0.15, 0.2) is 84.9 Å². The van der Waals surface area contributed by atoms with E-state index in [2.05, 4.69) is 54.9 Å². The molecule has 4 aromatic carbocycles. The van der Waals surface area contributed by atoms with E-state index in [4.69, 9.17) is 12.8 Å². The van der Waals surface area contributed by atoms with E-state index in [0.29, 0.717) is 17.7 Å². The fraction of sp³-hybridized carbons (Fsp3) is 0.171. The summed E-state index contributed by atoms with van der Waals surface area (Å²) < 4.78 is 0. The Morgan fingerprint density at radius 3 is 2.11 bits per heavy atom. The number of rotatable bonds is 7. The molecule has 4 rings (SSSR count). The van der Waals surface area contributed by atoms with Gasteiger partial charge in [-0.3, -0.25) is 4.79 Å². The number of hydrogen-bond acceptors (Lipinski definition) is 2. The maximum atomic E-state index is 13.6. The van der Waals surface area contributed by atoms with Crippen LogP contribution in [0.5, 0.6) is 0 Å². The Hall–Kier alpha value is -4.73. The van der Waals surface area contributed by atoms with Crippen molar-refractivity contribution < 1.29 is 4.79 Å². The molecule has 0 atom stereocenters. The Labute approximate surface area is 226 Å². The second-order valence-electron chi connectivity index (χ2n) is 9.37. The second kappa shape index (κ2) is 11.5. The van der Waals surface area contributed by atoms with Gasteiger partial charge in [-0.2, -0.15) is 0 Å². The predicted molar refractivity (Wildman–Crippen MR) is 160 cm³/mol. The number of benzene rings is 4. The molecule has 38 heavy (non-hydrogen) atoms. The molecule has 0 spiro atoms. The molecule has 0 aliphatic heterocycles. The predicted octanol–water partition coefficient (Wildman–Crippen LogP) is 7.24. The topological polar surface area (TPSA) is 23.6 Å². The van der Waals surface area contributed by atoms with Crippen LogP contribution < -0.4 is 9.80 Å². The monoisotopic (exact) mass is 496 g/mol. The van der Waals surface area contributed by atoms with Gasteiger partial charge in [0.05, 0.1) is 5.56 Å². The van der Waals surface area contributed by atoms with Gasteiger partial charge in [0.2, 0.25) is 0 Å². The Morgan fingerprint density at radius 1 is 0.763 bits per heavy atom. The summed E-state index contributed by atoms with van der Waals surface area (Å²) in [5.74, 6) is 5.36. The number of terminal acetylenes is 2. The summed E-state index contributed by atoms with van der Waals surface area (Å²) in [4.78, 5) is 17.6. The van der Waals surface area contributed by atoms with Crippen molar-refractivity contribution in [3.63, 3.8) is 0 Å². The zero-order valence-corrected chi connectivity index (χ0v) is 22.5. The van der Waals surface area contributed by atoms with Gasteiger partial charge < -0.3 is 9.80 Å². The minimum Gasteiger partial charge on any atom is -0.367 e. The highest BCUT2D eigenvalue weighted by atomic mass is 16.2. The Bertz CT molecular complexity index is 1570. The summed E-state index contributed by atoms with van der Waals surface area (Å²) in [7, 11) is 1.79. The molecule has 3 heteroatoms. The molecule has 0 radical (unpaired) electrons. The first-order chi connectivity index (χ1) is 18.4. The molecule has 0 N–H and O–H groups in total. The first-order valence-electron chi connectivity index (χ1n) is 12.7. The highest BCUT2D eigenvalue weighted by Crippen LogP contribution is 2.31. The van der Waals surface area contributed by atoms with Gasteiger partial charge in [-0.15, -0.1) is 12.8 Å². The van der Waals surface area contributed by atoms with Gasteiger partial charge in [-0.05, 0) is 78.9 Å². The van der Waals surface area contributed by atoms with Crippen LogP contribution in [-0.2, 0) is 6.54 Å². The van der Waals surface area contributed by atoms with Gasteiger partial charge >= 0.3 is 0 Å². The van der Waals surface area contributed by atoms with E-state index >= 15 is 0 Å². The number of nitrogens with zero attached hydrogens (tertiary/aromatic N) is 2. The average molecular weight is 497 g/mol. The molecule has 0 heterocycles. The SMILES string of the molecule is C#Cc1ccccc1CN(CC)c1cc(-c2ccc(C#C)c(C(=O)N(C)c3ccccc3C)c2)ccc1C. The van der Waals surface area contributed by atoms with Crippen molar-refractivity contribution in [3.8, 4) is 35.8 Å². The number of amides is 1. The molecule has 188 valence electrons. The molecule has 0 bridgehead atoms. The first-order valence-corrected chi connectivity index (χ1v) is 12.7. The fourth-order valence-electron chi connectivity index (χ4n) is 4.76. The van der Waals surface area contributed by atoms with Crippen LogP contribution in [0.2, 0.25) is 0 Å². The van der Waals surface area contributed by atoms with E-state index in [9.17, 15) is 4.79 Å². The van der Waals surface area contributed by atoms with E-state index < -0.39 is 0 Å². The third kappa shape index (κ3) is 5.34. The van der Waals surface area contributed by atoms with E-state index in [1.807, 2.05) is 67.6 Å². The average Bonchev–Trinajstić information content (AvgIpc) is 2.95. The van der Waals surface area contributed by atoms with Crippen molar-refractivity contribution in [1.29, 1.82) is 0 Å². The van der Waals surface area contributed by atoms with Crippen molar-refractivity contribution in [1.82, 2.24) is 0 Å². The van der Waals surface area contributed by atoms with Gasteiger partial charge in [0.15, 0.2) is 0 Å². The molecular weight excluding hydrogens is 464 g/mol. The van der Waals surface area contributed by atoms with Gasteiger partial charge in [-0.25, -0.2) is 0 Å². The summed E-state index contributed by atoms with van der Waals surface area (Å²) in [6.45, 7) is 7.78. The number of carbonyl (C=O) groups excluding carboxylic acids is 1. The van der Waals surface area contributed by atoms with Crippen LogP contribution in [0.1, 0.15) is 45.1 Å². The van der Waals surface area contributed by atoms with Crippen LogP contribution in [-0.4, -0.2) is 19.5 Å². The summed E-state index contributed by atoms with van der Waals surface area (Å²) >= 11 is 0. The highest BCUT2D eigenvalue weighted by molar-refractivity contribution is 6.08. The maximum Gasteiger partial charge on any atom is 0.259 e. The van der Waals surface area contributed by atoms with Crippen molar-refractivity contribution in [2.45, 2.75) is 27.3 Å². The van der Waals surface area contributed by atoms with Crippen molar-refractivity contribution in [2.75, 3.05) is 23.4 Å². The lowest BCUT2D eigenvalue weighted by Gasteiger charge is -2.26. The van der Waals surface area contributed by atoms with Crippen LogP contribution in [0, 0.1) is 38.5 Å². The number of para-hydroxylation sites is 1. The maximum absolute atomic E-state index is 13.6. The lowest BCUT2D eigenvalue weighted by atomic mass is 9.96. The molecule has 1 amide bonds. The summed E-state index contributed by atoms with van der Waals surface area (Å²) in [5.41, 5.74) is 9.24. The summed E-state index contributed by atoms with van der Waals surface area (Å²) in [6, 6.07) is 28.0. The minimum absolute atomic E-state index is 0.137. The molecule has 4 aromatic rings. The molecule has 3 nitrogen and oxygen atoms in total. The van der Waals surface area contributed by atoms with Crippen molar-refractivity contribution >= 4 is 17.3 Å². The zero-order valence-electron chi connectivity index (χ0n) is 22.5. The highest BCUT2D eigenvalue weighted by Gasteiger charge is 2.19. The van der Waals surface area contributed by atoms with Crippen molar-refractivity contribution in [2.24, 2.45) is 0 Å². The first kappa shape index (κ1) is 26.3. The third-order valence-electron chi connectivity index (χ3n) is 6.99. The van der Waals surface area contributed by atoms with E-state index in [-0.39, 0.29) is 5.91 Å². The van der Waals surface area contributed by atoms with Gasteiger partial charge in [0.25, 0.3) is 5.91 Å². The van der Waals surface area contributed by atoms with Gasteiger partial charge in [0.1, 0.15) is 0 Å². The second-order valence-corrected chi connectivity index (χ2v) is 9.37. The molecule has 0 aromatic heterocycles. The van der Waals surface area contributed by atoms with Gasteiger partial charge in [-0.1, -0.05) is 66.4 Å². The van der Waals surface area contributed by atoms with Crippen LogP contribution in [0.4, 0.5) is 11.4 Å². The number of carbonyl (C=O) groups is 1. The van der Waals surface area contributed by atoms with E-state index in [1.165, 1.54) is 5.56 Å². The number of hydrogen-bond donors (Lipinski definition) is 0. The molecule has 0 fully saturated rings. The molecular formula is C35H32N2O. The number of aryl methyl sites for hydroxylation is 2.